The number of piperazine rings is 1. The van der Waals surface area contributed by atoms with E-state index in [-0.39, 0.29) is 28.2 Å². The van der Waals surface area contributed by atoms with Gasteiger partial charge >= 0.3 is 6.01 Å². The van der Waals surface area contributed by atoms with Crippen molar-refractivity contribution in [1.29, 1.82) is 0 Å². The van der Waals surface area contributed by atoms with Gasteiger partial charge in [0.1, 0.15) is 29.8 Å². The van der Waals surface area contributed by atoms with E-state index >= 15 is 4.39 Å². The normalized spacial score (nSPS) is 28.4. The third-order valence-electron chi connectivity index (χ3n) is 9.38. The Morgan fingerprint density at radius 1 is 1.10 bits per heavy atom. The lowest BCUT2D eigenvalue weighted by Gasteiger charge is -2.34. The van der Waals surface area contributed by atoms with Gasteiger partial charge < -0.3 is 15.0 Å². The molecule has 2 aromatic heterocycles. The fourth-order valence-electron chi connectivity index (χ4n) is 7.48. The number of fused-ring (bicyclic) bond motifs is 4. The fraction of sp³-hybridized carbons (Fsp3) is 0.581. The molecule has 1 N–H and O–H groups in total. The van der Waals surface area contributed by atoms with Crippen LogP contribution in [0.4, 0.5) is 14.6 Å². The predicted molar refractivity (Wildman–Crippen MR) is 152 cm³/mol. The summed E-state index contributed by atoms with van der Waals surface area (Å²) in [5.41, 5.74) is 1.76. The van der Waals surface area contributed by atoms with Gasteiger partial charge in [-0.05, 0) is 43.2 Å². The van der Waals surface area contributed by atoms with Crippen LogP contribution in [0.2, 0.25) is 0 Å². The lowest BCUT2D eigenvalue weighted by molar-refractivity contribution is 0.107. The maximum atomic E-state index is 16.5. The second-order valence-corrected chi connectivity index (χ2v) is 13.2. The van der Waals surface area contributed by atoms with Crippen molar-refractivity contribution in [3.05, 3.63) is 41.8 Å². The molecule has 212 valence electrons. The molecule has 4 atom stereocenters. The highest BCUT2D eigenvalue weighted by Gasteiger charge is 2.49. The summed E-state index contributed by atoms with van der Waals surface area (Å²) in [6.45, 7) is 9.57. The second-order valence-electron chi connectivity index (χ2n) is 13.2. The molecule has 4 aliphatic heterocycles. The Hall–Kier alpha value is -2.91. The standard InChI is InChI=1S/C31H38F2N6O/c1-30(2,3)24-8-5-4-7-22(24)26-25(33)27-23(14-34-26)28(38-16-20-9-10-21(17-38)35-20)37-29(36-27)40-18-31-11-6-12-39(31)15-19(32)13-31/h4-5,7-8,14,19-21,35H,6,9-13,15-18H2,1-3H3/t19-,20?,21?,31+/m1/s1. The number of hydrogen-bond donors (Lipinski definition) is 1. The Balaban J connectivity index is 1.32. The lowest BCUT2D eigenvalue weighted by atomic mass is 9.83. The molecule has 7 nitrogen and oxygen atoms in total. The van der Waals surface area contributed by atoms with Crippen molar-refractivity contribution in [1.82, 2.24) is 25.2 Å². The molecule has 9 heteroatoms. The molecular weight excluding hydrogens is 510 g/mol. The summed E-state index contributed by atoms with van der Waals surface area (Å²) in [6.07, 6.45) is 5.50. The van der Waals surface area contributed by atoms with Gasteiger partial charge in [0.05, 0.1) is 10.9 Å². The smallest absolute Gasteiger partial charge is 0.319 e. The minimum atomic E-state index is -0.845. The SMILES string of the molecule is CC(C)(C)c1ccccc1-c1ncc2c(N3CC4CCC(C3)N4)nc(OC[C@@]34CCCN3C[C@H](F)C4)nc2c1F. The number of aromatic nitrogens is 3. The van der Waals surface area contributed by atoms with Crippen LogP contribution in [0.15, 0.2) is 30.5 Å². The number of ether oxygens (including phenoxy) is 1. The van der Waals surface area contributed by atoms with Crippen LogP contribution in [-0.4, -0.2) is 76.4 Å². The van der Waals surface area contributed by atoms with Gasteiger partial charge in [0.15, 0.2) is 5.82 Å². The van der Waals surface area contributed by atoms with Crippen molar-refractivity contribution >= 4 is 16.7 Å². The van der Waals surface area contributed by atoms with Gasteiger partial charge in [-0.25, -0.2) is 8.78 Å². The average molecular weight is 549 g/mol. The van der Waals surface area contributed by atoms with Crippen LogP contribution < -0.4 is 15.0 Å². The van der Waals surface area contributed by atoms with E-state index in [1.54, 1.807) is 6.20 Å². The molecule has 40 heavy (non-hydrogen) atoms. The Kier molecular flexibility index (Phi) is 6.23. The quantitative estimate of drug-likeness (QED) is 0.480. The third kappa shape index (κ3) is 4.42. The maximum Gasteiger partial charge on any atom is 0.319 e. The molecule has 0 radical (unpaired) electrons. The van der Waals surface area contributed by atoms with Crippen molar-refractivity contribution < 1.29 is 13.5 Å². The first-order valence-corrected chi connectivity index (χ1v) is 14.7. The summed E-state index contributed by atoms with van der Waals surface area (Å²) in [4.78, 5) is 18.6. The number of nitrogens with zero attached hydrogens (tertiary/aromatic N) is 5. The minimum absolute atomic E-state index is 0.150. The van der Waals surface area contributed by atoms with E-state index in [1.807, 2.05) is 24.3 Å². The Bertz CT molecular complexity index is 1430. The van der Waals surface area contributed by atoms with Gasteiger partial charge in [0, 0.05) is 49.9 Å². The molecule has 0 amide bonds. The molecule has 2 unspecified atom stereocenters. The Labute approximate surface area is 234 Å². The van der Waals surface area contributed by atoms with E-state index in [9.17, 15) is 4.39 Å². The molecule has 3 aromatic rings. The number of rotatable bonds is 5. The van der Waals surface area contributed by atoms with Gasteiger partial charge in [-0.1, -0.05) is 45.0 Å². The summed E-state index contributed by atoms with van der Waals surface area (Å²) in [7, 11) is 0. The summed E-state index contributed by atoms with van der Waals surface area (Å²) in [5, 5.41) is 4.25. The van der Waals surface area contributed by atoms with Crippen LogP contribution in [0.25, 0.3) is 22.2 Å². The zero-order valence-corrected chi connectivity index (χ0v) is 23.6. The Morgan fingerprint density at radius 3 is 2.65 bits per heavy atom. The average Bonchev–Trinajstić information content (AvgIpc) is 3.57. The second kappa shape index (κ2) is 9.58. The molecule has 6 heterocycles. The van der Waals surface area contributed by atoms with E-state index in [0.29, 0.717) is 42.9 Å². The highest BCUT2D eigenvalue weighted by molar-refractivity contribution is 5.92. The molecule has 0 aliphatic carbocycles. The monoisotopic (exact) mass is 548 g/mol. The number of halogens is 2. The molecule has 2 bridgehead atoms. The van der Waals surface area contributed by atoms with Gasteiger partial charge in [0.2, 0.25) is 0 Å². The van der Waals surface area contributed by atoms with Crippen LogP contribution >= 0.6 is 0 Å². The van der Waals surface area contributed by atoms with E-state index in [4.69, 9.17) is 9.72 Å². The first-order chi connectivity index (χ1) is 19.2. The first kappa shape index (κ1) is 26.0. The fourth-order valence-corrected chi connectivity index (χ4v) is 7.48. The van der Waals surface area contributed by atoms with Crippen LogP contribution in [0.1, 0.15) is 58.4 Å². The zero-order chi connectivity index (χ0) is 27.6. The molecular formula is C31H38F2N6O. The lowest BCUT2D eigenvalue weighted by Crippen LogP contribution is -2.51. The van der Waals surface area contributed by atoms with Crippen molar-refractivity contribution in [3.63, 3.8) is 0 Å². The number of anilines is 1. The minimum Gasteiger partial charge on any atom is -0.461 e. The third-order valence-corrected chi connectivity index (χ3v) is 9.38. The molecule has 1 aromatic carbocycles. The number of pyridine rings is 1. The number of nitrogens with one attached hydrogen (secondary N) is 1. The van der Waals surface area contributed by atoms with Gasteiger partial charge in [-0.2, -0.15) is 9.97 Å². The van der Waals surface area contributed by atoms with Gasteiger partial charge in [-0.3, -0.25) is 9.88 Å². The summed E-state index contributed by atoms with van der Waals surface area (Å²) in [6, 6.07) is 8.76. The van der Waals surface area contributed by atoms with Crippen molar-refractivity contribution in [2.75, 3.05) is 37.7 Å². The number of benzene rings is 1. The predicted octanol–water partition coefficient (Wildman–Crippen LogP) is 5.02. The van der Waals surface area contributed by atoms with E-state index in [2.05, 4.69) is 45.9 Å². The molecule has 4 saturated heterocycles. The molecule has 4 fully saturated rings. The van der Waals surface area contributed by atoms with Crippen LogP contribution in [-0.2, 0) is 5.41 Å². The summed E-state index contributed by atoms with van der Waals surface area (Å²) in [5.74, 6) is 0.196. The molecule has 0 spiro atoms. The van der Waals surface area contributed by atoms with Crippen LogP contribution in [0.5, 0.6) is 6.01 Å². The number of alkyl halides is 1. The summed E-state index contributed by atoms with van der Waals surface area (Å²) < 4.78 is 37.2. The molecule has 7 rings (SSSR count). The largest absolute Gasteiger partial charge is 0.461 e. The molecule has 0 saturated carbocycles. The van der Waals surface area contributed by atoms with E-state index in [0.717, 1.165) is 56.4 Å². The zero-order valence-electron chi connectivity index (χ0n) is 23.6. The topological polar surface area (TPSA) is 66.4 Å². The Morgan fingerprint density at radius 2 is 1.88 bits per heavy atom. The van der Waals surface area contributed by atoms with Crippen LogP contribution in [0.3, 0.4) is 0 Å². The van der Waals surface area contributed by atoms with E-state index in [1.165, 1.54) is 0 Å². The maximum absolute atomic E-state index is 16.5. The number of hydrogen-bond acceptors (Lipinski definition) is 7. The van der Waals surface area contributed by atoms with Crippen LogP contribution in [0, 0.1) is 5.82 Å². The van der Waals surface area contributed by atoms with Gasteiger partial charge in [-0.15, -0.1) is 0 Å². The highest BCUT2D eigenvalue weighted by Crippen LogP contribution is 2.41. The van der Waals surface area contributed by atoms with Crippen molar-refractivity contribution in [2.45, 2.75) is 82.1 Å². The van der Waals surface area contributed by atoms with E-state index < -0.39 is 12.0 Å². The van der Waals surface area contributed by atoms with Crippen molar-refractivity contribution in [2.24, 2.45) is 0 Å². The summed E-state index contributed by atoms with van der Waals surface area (Å²) >= 11 is 0. The highest BCUT2D eigenvalue weighted by atomic mass is 19.1. The molecule has 4 aliphatic rings. The van der Waals surface area contributed by atoms with Crippen molar-refractivity contribution in [3.8, 4) is 17.3 Å². The van der Waals surface area contributed by atoms with Gasteiger partial charge in [0.25, 0.3) is 0 Å². The first-order valence-electron chi connectivity index (χ1n) is 14.7.